The van der Waals surface area contributed by atoms with Gasteiger partial charge in [-0.15, -0.1) is 0 Å². The number of amides is 1. The highest BCUT2D eigenvalue weighted by Gasteiger charge is 2.25. The van der Waals surface area contributed by atoms with Gasteiger partial charge in [-0.05, 0) is 24.6 Å². The van der Waals surface area contributed by atoms with Gasteiger partial charge in [-0.25, -0.2) is 4.98 Å². The van der Waals surface area contributed by atoms with Crippen molar-refractivity contribution in [3.63, 3.8) is 0 Å². The van der Waals surface area contributed by atoms with Crippen molar-refractivity contribution in [2.75, 3.05) is 26.2 Å². The normalized spacial score (nSPS) is 16.6. The molecule has 1 atom stereocenters. The Morgan fingerprint density at radius 3 is 2.54 bits per heavy atom. The Hall–Kier alpha value is -2.65. The first-order valence-corrected chi connectivity index (χ1v) is 8.15. The van der Waals surface area contributed by atoms with Crippen LogP contribution in [0.3, 0.4) is 0 Å². The molecule has 6 heteroatoms. The highest BCUT2D eigenvalue weighted by molar-refractivity contribution is 5.80. The van der Waals surface area contributed by atoms with Crippen molar-refractivity contribution in [2.45, 2.75) is 19.5 Å². The van der Waals surface area contributed by atoms with Crippen LogP contribution in [0.15, 0.2) is 43.0 Å². The van der Waals surface area contributed by atoms with Gasteiger partial charge in [-0.3, -0.25) is 9.69 Å². The quantitative estimate of drug-likeness (QED) is 0.858. The number of rotatable bonds is 4. The summed E-state index contributed by atoms with van der Waals surface area (Å²) in [5, 5.41) is 8.84. The van der Waals surface area contributed by atoms with Crippen LogP contribution in [0.5, 0.6) is 0 Å². The summed E-state index contributed by atoms with van der Waals surface area (Å²) in [6.07, 6.45) is 5.20. The molecule has 1 saturated heterocycles. The number of nitriles is 1. The van der Waals surface area contributed by atoms with E-state index in [-0.39, 0.29) is 11.9 Å². The van der Waals surface area contributed by atoms with Crippen LogP contribution in [0, 0.1) is 11.3 Å². The summed E-state index contributed by atoms with van der Waals surface area (Å²) in [6, 6.07) is 9.62. The fraction of sp³-hybridized carbons (Fsp3) is 0.389. The molecule has 24 heavy (non-hydrogen) atoms. The Morgan fingerprint density at radius 2 is 1.96 bits per heavy atom. The van der Waals surface area contributed by atoms with Gasteiger partial charge in [0.25, 0.3) is 0 Å². The van der Waals surface area contributed by atoms with Crippen molar-refractivity contribution in [3.8, 4) is 6.07 Å². The van der Waals surface area contributed by atoms with Crippen LogP contribution in [0.1, 0.15) is 24.1 Å². The van der Waals surface area contributed by atoms with E-state index < -0.39 is 0 Å². The van der Waals surface area contributed by atoms with Crippen LogP contribution in [0.25, 0.3) is 0 Å². The Bertz CT molecular complexity index is 709. The topological polar surface area (TPSA) is 65.2 Å². The molecule has 1 aromatic carbocycles. The second-order valence-corrected chi connectivity index (χ2v) is 6.10. The van der Waals surface area contributed by atoms with Gasteiger partial charge in [0, 0.05) is 45.1 Å². The van der Waals surface area contributed by atoms with Crippen molar-refractivity contribution in [2.24, 2.45) is 0 Å². The molecule has 1 aliphatic rings. The molecule has 1 fully saturated rings. The second kappa shape index (κ2) is 7.28. The van der Waals surface area contributed by atoms with E-state index in [9.17, 15) is 4.79 Å². The summed E-state index contributed by atoms with van der Waals surface area (Å²) in [7, 11) is 0. The summed E-state index contributed by atoms with van der Waals surface area (Å²) >= 11 is 0. The van der Waals surface area contributed by atoms with Gasteiger partial charge in [-0.2, -0.15) is 5.26 Å². The molecule has 0 unspecified atom stereocenters. The molecule has 0 radical (unpaired) electrons. The molecular formula is C18H21N5O. The van der Waals surface area contributed by atoms with Gasteiger partial charge in [0.1, 0.15) is 6.04 Å². The maximum absolute atomic E-state index is 12.6. The minimum Gasteiger partial charge on any atom is -0.338 e. The van der Waals surface area contributed by atoms with Gasteiger partial charge < -0.3 is 9.47 Å². The Labute approximate surface area is 141 Å². The first-order chi connectivity index (χ1) is 11.7. The maximum Gasteiger partial charge on any atom is 0.245 e. The maximum atomic E-state index is 12.6. The molecule has 0 saturated carbocycles. The van der Waals surface area contributed by atoms with Crippen LogP contribution < -0.4 is 0 Å². The van der Waals surface area contributed by atoms with E-state index in [1.54, 1.807) is 12.5 Å². The van der Waals surface area contributed by atoms with E-state index in [1.807, 2.05) is 46.9 Å². The van der Waals surface area contributed by atoms with Crippen LogP contribution in [0.2, 0.25) is 0 Å². The molecule has 1 aromatic heterocycles. The van der Waals surface area contributed by atoms with Crippen molar-refractivity contribution in [1.82, 2.24) is 19.4 Å². The van der Waals surface area contributed by atoms with E-state index in [0.29, 0.717) is 5.56 Å². The van der Waals surface area contributed by atoms with Crippen LogP contribution in [-0.4, -0.2) is 51.4 Å². The molecule has 0 bridgehead atoms. The molecule has 2 heterocycles. The number of carbonyl (C=O) groups excluding carboxylic acids is 1. The lowest BCUT2D eigenvalue weighted by atomic mass is 10.1. The zero-order chi connectivity index (χ0) is 16.9. The van der Waals surface area contributed by atoms with Gasteiger partial charge in [0.05, 0.1) is 18.0 Å². The molecular weight excluding hydrogens is 302 g/mol. The minimum absolute atomic E-state index is 0.144. The Kier molecular flexibility index (Phi) is 4.92. The molecule has 0 spiro atoms. The predicted molar refractivity (Wildman–Crippen MR) is 90.0 cm³/mol. The third kappa shape index (κ3) is 3.63. The average Bonchev–Trinajstić information content (AvgIpc) is 3.16. The van der Waals surface area contributed by atoms with Crippen molar-refractivity contribution < 1.29 is 4.79 Å². The lowest BCUT2D eigenvalue weighted by Gasteiger charge is -2.36. The predicted octanol–water partition coefficient (Wildman–Crippen LogP) is 1.66. The number of benzene rings is 1. The first-order valence-electron chi connectivity index (χ1n) is 8.15. The van der Waals surface area contributed by atoms with Crippen LogP contribution in [-0.2, 0) is 11.3 Å². The van der Waals surface area contributed by atoms with Crippen molar-refractivity contribution in [3.05, 3.63) is 54.1 Å². The standard InChI is InChI=1S/C18H21N5O/c1-15(23-7-6-20-14-23)18(24)22-10-8-21(9-11-22)13-17-4-2-16(12-19)3-5-17/h2-7,14-15H,8-11,13H2,1H3/t15-/m0/s1. The van der Waals surface area contributed by atoms with Crippen LogP contribution in [0.4, 0.5) is 0 Å². The molecule has 1 amide bonds. The number of hydrogen-bond acceptors (Lipinski definition) is 4. The van der Waals surface area contributed by atoms with E-state index in [0.717, 1.165) is 32.7 Å². The fourth-order valence-electron chi connectivity index (χ4n) is 2.96. The summed E-state index contributed by atoms with van der Waals surface area (Å²) in [5.74, 6) is 0.144. The van der Waals surface area contributed by atoms with Crippen LogP contribution >= 0.6 is 0 Å². The first kappa shape index (κ1) is 16.2. The number of piperazine rings is 1. The highest BCUT2D eigenvalue weighted by atomic mass is 16.2. The number of hydrogen-bond donors (Lipinski definition) is 0. The summed E-state index contributed by atoms with van der Waals surface area (Å²) in [6.45, 7) is 5.98. The SMILES string of the molecule is C[C@@H](C(=O)N1CCN(Cc2ccc(C#N)cc2)CC1)n1ccnc1. The summed E-state index contributed by atoms with van der Waals surface area (Å²) in [4.78, 5) is 20.8. The average molecular weight is 323 g/mol. The highest BCUT2D eigenvalue weighted by Crippen LogP contribution is 2.14. The van der Waals surface area contributed by atoms with E-state index in [2.05, 4.69) is 16.0 Å². The summed E-state index contributed by atoms with van der Waals surface area (Å²) < 4.78 is 1.84. The lowest BCUT2D eigenvalue weighted by Crippen LogP contribution is -2.49. The molecule has 2 aromatic rings. The molecule has 6 nitrogen and oxygen atoms in total. The van der Waals surface area contributed by atoms with Crippen molar-refractivity contribution >= 4 is 5.91 Å². The van der Waals surface area contributed by atoms with E-state index in [4.69, 9.17) is 5.26 Å². The third-order valence-electron chi connectivity index (χ3n) is 4.50. The van der Waals surface area contributed by atoms with E-state index >= 15 is 0 Å². The van der Waals surface area contributed by atoms with Crippen molar-refractivity contribution in [1.29, 1.82) is 5.26 Å². The molecule has 124 valence electrons. The Morgan fingerprint density at radius 1 is 1.25 bits per heavy atom. The number of carbonyl (C=O) groups is 1. The van der Waals surface area contributed by atoms with Gasteiger partial charge in [-0.1, -0.05) is 12.1 Å². The zero-order valence-corrected chi connectivity index (χ0v) is 13.8. The number of aromatic nitrogens is 2. The number of nitrogens with zero attached hydrogens (tertiary/aromatic N) is 5. The molecule has 0 aliphatic carbocycles. The molecule has 1 aliphatic heterocycles. The largest absolute Gasteiger partial charge is 0.338 e. The second-order valence-electron chi connectivity index (χ2n) is 6.10. The van der Waals surface area contributed by atoms with E-state index in [1.165, 1.54) is 5.56 Å². The molecule has 3 rings (SSSR count). The summed E-state index contributed by atoms with van der Waals surface area (Å²) in [5.41, 5.74) is 1.88. The minimum atomic E-state index is -0.211. The smallest absolute Gasteiger partial charge is 0.245 e. The number of imidazole rings is 1. The fourth-order valence-corrected chi connectivity index (χ4v) is 2.96. The third-order valence-corrected chi connectivity index (χ3v) is 4.50. The van der Waals surface area contributed by atoms with Gasteiger partial charge >= 0.3 is 0 Å². The lowest BCUT2D eigenvalue weighted by molar-refractivity contribution is -0.136. The molecule has 0 N–H and O–H groups in total. The van der Waals surface area contributed by atoms with Gasteiger partial charge in [0.15, 0.2) is 0 Å². The zero-order valence-electron chi connectivity index (χ0n) is 13.8. The monoisotopic (exact) mass is 323 g/mol. The Balaban J connectivity index is 1.52. The van der Waals surface area contributed by atoms with Gasteiger partial charge in [0.2, 0.25) is 5.91 Å².